The van der Waals surface area contributed by atoms with E-state index in [1.807, 2.05) is 13.0 Å². The third-order valence-corrected chi connectivity index (χ3v) is 7.19. The van der Waals surface area contributed by atoms with Crippen LogP contribution in [0.1, 0.15) is 45.1 Å². The Morgan fingerprint density at radius 3 is 2.39 bits per heavy atom. The number of fused-ring (bicyclic) bond motifs is 1. The Balaban J connectivity index is 1.76. The van der Waals surface area contributed by atoms with Crippen molar-refractivity contribution < 1.29 is 22.7 Å². The Bertz CT molecular complexity index is 1480. The van der Waals surface area contributed by atoms with Gasteiger partial charge in [-0.15, -0.1) is 0 Å². The highest BCUT2D eigenvalue weighted by atomic mass is 32.2. The molecule has 0 fully saturated rings. The second-order valence-corrected chi connectivity index (χ2v) is 9.45. The van der Waals surface area contributed by atoms with Gasteiger partial charge in [-0.25, -0.2) is 17.2 Å². The number of benzene rings is 2. The van der Waals surface area contributed by atoms with E-state index in [1.54, 1.807) is 49.4 Å². The van der Waals surface area contributed by atoms with Crippen molar-refractivity contribution in [1.29, 1.82) is 0 Å². The first-order chi connectivity index (χ1) is 15.6. The van der Waals surface area contributed by atoms with E-state index in [-0.39, 0.29) is 16.3 Å². The van der Waals surface area contributed by atoms with Crippen molar-refractivity contribution >= 4 is 32.8 Å². The minimum atomic E-state index is -3.77. The summed E-state index contributed by atoms with van der Waals surface area (Å²) in [5.41, 5.74) is 7.58. The summed E-state index contributed by atoms with van der Waals surface area (Å²) in [4.78, 5) is 24.0. The van der Waals surface area contributed by atoms with E-state index in [0.717, 1.165) is 11.1 Å². The molecule has 2 heterocycles. The van der Waals surface area contributed by atoms with Crippen molar-refractivity contribution in [3.63, 3.8) is 0 Å². The van der Waals surface area contributed by atoms with Gasteiger partial charge in [0.15, 0.2) is 5.69 Å². The average Bonchev–Trinajstić information content (AvgIpc) is 3.43. The van der Waals surface area contributed by atoms with Gasteiger partial charge in [0.1, 0.15) is 5.69 Å². The molecule has 1 unspecified atom stereocenters. The summed E-state index contributed by atoms with van der Waals surface area (Å²) in [5, 5.41) is 4.86. The fourth-order valence-electron chi connectivity index (χ4n) is 3.64. The van der Waals surface area contributed by atoms with Crippen molar-refractivity contribution in [2.75, 3.05) is 7.11 Å². The quantitative estimate of drug-likeness (QED) is 0.436. The molecule has 33 heavy (non-hydrogen) atoms. The number of carbonyl (C=O) groups excluding carboxylic acids is 2. The molecule has 0 saturated carbocycles. The number of esters is 1. The van der Waals surface area contributed by atoms with Crippen LogP contribution in [-0.4, -0.2) is 41.2 Å². The lowest BCUT2D eigenvalue weighted by molar-refractivity contribution is 0.0585. The number of hydrogen-bond acceptors (Lipinski definition) is 6. The Morgan fingerprint density at radius 2 is 1.76 bits per heavy atom. The van der Waals surface area contributed by atoms with Gasteiger partial charge in [0.2, 0.25) is 0 Å². The van der Waals surface area contributed by atoms with Crippen LogP contribution >= 0.6 is 0 Å². The summed E-state index contributed by atoms with van der Waals surface area (Å²) in [6, 6.07) is 14.4. The van der Waals surface area contributed by atoms with Crippen LogP contribution in [0.15, 0.2) is 65.7 Å². The van der Waals surface area contributed by atoms with Gasteiger partial charge in [-0.05, 0) is 49.7 Å². The number of aromatic nitrogens is 3. The smallest absolute Gasteiger partial charge is 0.356 e. The summed E-state index contributed by atoms with van der Waals surface area (Å²) in [6.07, 6.45) is 1.51. The van der Waals surface area contributed by atoms with Crippen LogP contribution < -0.4 is 5.73 Å². The number of amides is 1. The molecule has 0 bridgehead atoms. The van der Waals surface area contributed by atoms with Crippen molar-refractivity contribution in [1.82, 2.24) is 13.8 Å². The van der Waals surface area contributed by atoms with E-state index in [2.05, 4.69) is 5.10 Å². The van der Waals surface area contributed by atoms with Gasteiger partial charge in [0, 0.05) is 17.6 Å². The van der Waals surface area contributed by atoms with Gasteiger partial charge in [-0.1, -0.05) is 23.8 Å². The lowest BCUT2D eigenvalue weighted by Gasteiger charge is -2.16. The predicted octanol–water partition coefficient (Wildman–Crippen LogP) is 2.88. The van der Waals surface area contributed by atoms with Crippen molar-refractivity contribution in [2.24, 2.45) is 5.73 Å². The zero-order valence-corrected chi connectivity index (χ0v) is 19.0. The van der Waals surface area contributed by atoms with E-state index >= 15 is 0 Å². The van der Waals surface area contributed by atoms with Crippen molar-refractivity contribution in [3.8, 4) is 0 Å². The second-order valence-electron chi connectivity index (χ2n) is 7.64. The van der Waals surface area contributed by atoms with Crippen LogP contribution in [-0.2, 0) is 14.8 Å². The molecule has 4 rings (SSSR count). The maximum atomic E-state index is 13.1. The molecule has 0 aliphatic carbocycles. The average molecular weight is 467 g/mol. The summed E-state index contributed by atoms with van der Waals surface area (Å²) < 4.78 is 33.7. The highest BCUT2D eigenvalue weighted by Gasteiger charge is 2.24. The van der Waals surface area contributed by atoms with Crippen LogP contribution in [0.5, 0.6) is 0 Å². The number of methoxy groups -OCH3 is 1. The van der Waals surface area contributed by atoms with Gasteiger partial charge in [0.25, 0.3) is 15.9 Å². The van der Waals surface area contributed by atoms with Gasteiger partial charge in [-0.2, -0.15) is 5.10 Å². The molecule has 2 aromatic heterocycles. The molecule has 10 heteroatoms. The molecule has 0 aliphatic heterocycles. The molecule has 0 spiro atoms. The SMILES string of the molecule is COC(=O)c1cc(C(N)=O)nn1C(C)c1ccc2c(ccn2S(=O)(=O)c2ccc(C)cc2)c1. The minimum Gasteiger partial charge on any atom is -0.464 e. The zero-order chi connectivity index (χ0) is 23.9. The monoisotopic (exact) mass is 466 g/mol. The normalized spacial score (nSPS) is 12.6. The Kier molecular flexibility index (Phi) is 5.54. The van der Waals surface area contributed by atoms with E-state index in [4.69, 9.17) is 10.5 Å². The van der Waals surface area contributed by atoms with Crippen LogP contribution in [0.4, 0.5) is 0 Å². The Morgan fingerprint density at radius 1 is 1.06 bits per heavy atom. The van der Waals surface area contributed by atoms with Gasteiger partial charge >= 0.3 is 5.97 Å². The first kappa shape index (κ1) is 22.3. The number of carbonyl (C=O) groups is 2. The molecular formula is C23H22N4O5S. The fraction of sp³-hybridized carbons (Fsp3) is 0.174. The maximum absolute atomic E-state index is 13.1. The first-order valence-corrected chi connectivity index (χ1v) is 11.5. The molecule has 2 N–H and O–H groups in total. The van der Waals surface area contributed by atoms with Gasteiger partial charge in [-0.3, -0.25) is 9.48 Å². The summed E-state index contributed by atoms with van der Waals surface area (Å²) in [7, 11) is -2.53. The van der Waals surface area contributed by atoms with Crippen LogP contribution in [0.25, 0.3) is 10.9 Å². The molecule has 0 saturated heterocycles. The molecule has 1 amide bonds. The van der Waals surface area contributed by atoms with Crippen molar-refractivity contribution in [2.45, 2.75) is 24.8 Å². The number of primary amides is 1. The highest BCUT2D eigenvalue weighted by Crippen LogP contribution is 2.27. The van der Waals surface area contributed by atoms with Crippen LogP contribution in [0, 0.1) is 6.92 Å². The minimum absolute atomic E-state index is 0.0568. The van der Waals surface area contributed by atoms with E-state index in [9.17, 15) is 18.0 Å². The summed E-state index contributed by atoms with van der Waals surface area (Å²) in [6.45, 7) is 3.69. The zero-order valence-electron chi connectivity index (χ0n) is 18.2. The maximum Gasteiger partial charge on any atom is 0.356 e. The largest absolute Gasteiger partial charge is 0.464 e. The number of ether oxygens (including phenoxy) is 1. The number of nitrogens with two attached hydrogens (primary N) is 1. The number of hydrogen-bond donors (Lipinski definition) is 1. The first-order valence-electron chi connectivity index (χ1n) is 10.0. The topological polar surface area (TPSA) is 126 Å². The molecule has 170 valence electrons. The van der Waals surface area contributed by atoms with Crippen molar-refractivity contribution in [3.05, 3.63) is 83.3 Å². The highest BCUT2D eigenvalue weighted by molar-refractivity contribution is 7.90. The lowest BCUT2D eigenvalue weighted by Crippen LogP contribution is -2.17. The molecular weight excluding hydrogens is 444 g/mol. The van der Waals surface area contributed by atoms with E-state index in [0.29, 0.717) is 10.9 Å². The summed E-state index contributed by atoms with van der Waals surface area (Å²) in [5.74, 6) is -1.42. The van der Waals surface area contributed by atoms with Gasteiger partial charge in [0.05, 0.1) is 23.6 Å². The van der Waals surface area contributed by atoms with Crippen LogP contribution in [0.3, 0.4) is 0 Å². The molecule has 9 nitrogen and oxygen atoms in total. The molecule has 0 aliphatic rings. The molecule has 1 atom stereocenters. The number of rotatable bonds is 6. The lowest BCUT2D eigenvalue weighted by atomic mass is 10.1. The van der Waals surface area contributed by atoms with E-state index < -0.39 is 27.9 Å². The molecule has 4 aromatic rings. The Hall–Kier alpha value is -3.92. The number of nitrogens with zero attached hydrogens (tertiary/aromatic N) is 3. The van der Waals surface area contributed by atoms with Gasteiger partial charge < -0.3 is 10.5 Å². The van der Waals surface area contributed by atoms with E-state index in [1.165, 1.54) is 28.0 Å². The third kappa shape index (κ3) is 3.89. The standard InChI is InChI=1S/C23H22N4O5S/c1-14-4-7-18(8-5-14)33(30,31)26-11-10-17-12-16(6-9-20(17)26)15(2)27-21(23(29)32-3)13-19(25-27)22(24)28/h4-13,15H,1-3H3,(H2,24,28). The second kappa shape index (κ2) is 8.21. The Labute approximate surface area is 190 Å². The number of aryl methyl sites for hydroxylation is 1. The fourth-order valence-corrected chi connectivity index (χ4v) is 4.99. The molecule has 2 aromatic carbocycles. The summed E-state index contributed by atoms with van der Waals surface area (Å²) >= 11 is 0. The predicted molar refractivity (Wildman–Crippen MR) is 122 cm³/mol. The molecule has 0 radical (unpaired) electrons. The van der Waals surface area contributed by atoms with Crippen LogP contribution in [0.2, 0.25) is 0 Å². The third-order valence-electron chi connectivity index (χ3n) is 5.49.